The second-order valence-corrected chi connectivity index (χ2v) is 5.76. The van der Waals surface area contributed by atoms with E-state index in [2.05, 4.69) is 12.1 Å². The van der Waals surface area contributed by atoms with Gasteiger partial charge < -0.3 is 9.26 Å². The van der Waals surface area contributed by atoms with E-state index in [1.807, 2.05) is 6.92 Å². The lowest BCUT2D eigenvalue weighted by molar-refractivity contribution is 0.112. The van der Waals surface area contributed by atoms with Crippen molar-refractivity contribution in [2.75, 3.05) is 6.61 Å². The number of rotatable bonds is 2. The lowest BCUT2D eigenvalue weighted by atomic mass is 9.95. The van der Waals surface area contributed by atoms with Crippen molar-refractivity contribution < 1.29 is 9.26 Å². The van der Waals surface area contributed by atoms with Gasteiger partial charge in [-0.25, -0.2) is 4.98 Å². The van der Waals surface area contributed by atoms with E-state index in [9.17, 15) is 0 Å². The molecule has 0 amide bonds. The second kappa shape index (κ2) is 4.04. The lowest BCUT2D eigenvalue weighted by Crippen LogP contribution is -2.05. The molecule has 1 saturated heterocycles. The number of fused-ring (bicyclic) bond motifs is 1. The minimum absolute atomic E-state index is 0.195. The minimum atomic E-state index is 0.195. The van der Waals surface area contributed by atoms with Crippen LogP contribution in [0.3, 0.4) is 0 Å². The third-order valence-corrected chi connectivity index (χ3v) is 4.34. The third-order valence-electron chi connectivity index (χ3n) is 4.34. The van der Waals surface area contributed by atoms with Crippen LogP contribution in [0.2, 0.25) is 0 Å². The maximum Gasteiger partial charge on any atom is 0.258 e. The number of nitrogens with zero attached hydrogens (tertiary/aromatic N) is 2. The summed E-state index contributed by atoms with van der Waals surface area (Å²) in [5.74, 6) is 0.620. The summed E-state index contributed by atoms with van der Waals surface area (Å²) in [4.78, 5) is 4.70. The highest BCUT2D eigenvalue weighted by Crippen LogP contribution is 2.45. The molecule has 0 radical (unpaired) electrons. The zero-order valence-corrected chi connectivity index (χ0v) is 11.4. The first kappa shape index (κ1) is 11.4. The van der Waals surface area contributed by atoms with Gasteiger partial charge in [-0.2, -0.15) is 0 Å². The zero-order valence-electron chi connectivity index (χ0n) is 11.4. The Kier molecular flexibility index (Phi) is 2.42. The predicted molar refractivity (Wildman–Crippen MR) is 71.2 cm³/mol. The third kappa shape index (κ3) is 1.70. The number of pyridine rings is 1. The predicted octanol–water partition coefficient (Wildman–Crippen LogP) is 3.57. The van der Waals surface area contributed by atoms with Crippen LogP contribution in [0, 0.1) is 13.8 Å². The highest BCUT2D eigenvalue weighted by atomic mass is 16.5. The SMILES string of the molecule is Cc1c(C2CC2)nc2onc(C)c2c1C1CCCO1. The highest BCUT2D eigenvalue weighted by molar-refractivity contribution is 5.82. The summed E-state index contributed by atoms with van der Waals surface area (Å²) in [6.45, 7) is 5.03. The summed E-state index contributed by atoms with van der Waals surface area (Å²) < 4.78 is 11.3. The van der Waals surface area contributed by atoms with Crippen molar-refractivity contribution >= 4 is 11.1 Å². The van der Waals surface area contributed by atoms with Gasteiger partial charge in [0.25, 0.3) is 5.71 Å². The molecule has 1 unspecified atom stereocenters. The first-order valence-electron chi connectivity index (χ1n) is 7.13. The van der Waals surface area contributed by atoms with Crippen LogP contribution in [0.5, 0.6) is 0 Å². The Bertz CT molecular complexity index is 637. The Morgan fingerprint density at radius 2 is 2.00 bits per heavy atom. The molecule has 4 rings (SSSR count). The van der Waals surface area contributed by atoms with Crippen molar-refractivity contribution in [3.63, 3.8) is 0 Å². The van der Waals surface area contributed by atoms with E-state index >= 15 is 0 Å². The molecular formula is C15H18N2O2. The number of aromatic nitrogens is 2. The first-order chi connectivity index (χ1) is 9.25. The van der Waals surface area contributed by atoms with Gasteiger partial charge in [-0.05, 0) is 45.1 Å². The van der Waals surface area contributed by atoms with Crippen LogP contribution in [0.1, 0.15) is 60.2 Å². The molecule has 2 aromatic heterocycles. The van der Waals surface area contributed by atoms with Crippen LogP contribution in [0.15, 0.2) is 4.52 Å². The van der Waals surface area contributed by atoms with Gasteiger partial charge in [0.05, 0.1) is 22.9 Å². The largest absolute Gasteiger partial charge is 0.373 e. The van der Waals surface area contributed by atoms with Crippen LogP contribution >= 0.6 is 0 Å². The topological polar surface area (TPSA) is 48.2 Å². The van der Waals surface area contributed by atoms with E-state index in [1.54, 1.807) is 0 Å². The summed E-state index contributed by atoms with van der Waals surface area (Å²) in [6, 6.07) is 0. The molecular weight excluding hydrogens is 240 g/mol. The Hall–Kier alpha value is -1.42. The van der Waals surface area contributed by atoms with Crippen molar-refractivity contribution in [1.82, 2.24) is 10.1 Å². The second-order valence-electron chi connectivity index (χ2n) is 5.76. The normalized spacial score (nSPS) is 23.4. The lowest BCUT2D eigenvalue weighted by Gasteiger charge is -2.16. The minimum Gasteiger partial charge on any atom is -0.373 e. The summed E-state index contributed by atoms with van der Waals surface area (Å²) in [5.41, 5.74) is 5.40. The van der Waals surface area contributed by atoms with Gasteiger partial charge in [0.1, 0.15) is 0 Å². The van der Waals surface area contributed by atoms with Crippen LogP contribution in [-0.2, 0) is 4.74 Å². The van der Waals surface area contributed by atoms with Crippen molar-refractivity contribution in [2.24, 2.45) is 0 Å². The molecule has 100 valence electrons. The smallest absolute Gasteiger partial charge is 0.258 e. The molecule has 3 heterocycles. The van der Waals surface area contributed by atoms with Gasteiger partial charge in [0.15, 0.2) is 0 Å². The van der Waals surface area contributed by atoms with E-state index in [0.717, 1.165) is 30.5 Å². The van der Waals surface area contributed by atoms with Crippen molar-refractivity contribution in [3.05, 3.63) is 22.5 Å². The van der Waals surface area contributed by atoms with E-state index in [4.69, 9.17) is 14.2 Å². The molecule has 0 N–H and O–H groups in total. The van der Waals surface area contributed by atoms with Crippen molar-refractivity contribution in [3.8, 4) is 0 Å². The van der Waals surface area contributed by atoms with E-state index in [-0.39, 0.29) is 6.10 Å². The molecule has 19 heavy (non-hydrogen) atoms. The Morgan fingerprint density at radius 3 is 2.68 bits per heavy atom. The van der Waals surface area contributed by atoms with E-state index < -0.39 is 0 Å². The number of hydrogen-bond donors (Lipinski definition) is 0. The van der Waals surface area contributed by atoms with E-state index in [0.29, 0.717) is 11.6 Å². The van der Waals surface area contributed by atoms with Gasteiger partial charge >= 0.3 is 0 Å². The van der Waals surface area contributed by atoms with Crippen LogP contribution in [-0.4, -0.2) is 16.7 Å². The molecule has 2 fully saturated rings. The average Bonchev–Trinajstić information content (AvgIpc) is 2.98. The molecule has 0 spiro atoms. The Labute approximate surface area is 112 Å². The maximum atomic E-state index is 5.91. The summed E-state index contributed by atoms with van der Waals surface area (Å²) >= 11 is 0. The number of ether oxygens (including phenoxy) is 1. The standard InChI is InChI=1S/C15H18N2O2/c1-8-12(11-4-3-7-18-11)13-9(2)17-19-15(13)16-14(8)10-5-6-10/h10-11H,3-7H2,1-2H3. The molecule has 0 bridgehead atoms. The monoisotopic (exact) mass is 258 g/mol. The summed E-state index contributed by atoms with van der Waals surface area (Å²) in [7, 11) is 0. The first-order valence-corrected chi connectivity index (χ1v) is 7.13. The zero-order chi connectivity index (χ0) is 13.0. The molecule has 0 aromatic carbocycles. The van der Waals surface area contributed by atoms with Crippen LogP contribution in [0.25, 0.3) is 11.1 Å². The fourth-order valence-corrected chi connectivity index (χ4v) is 3.22. The van der Waals surface area contributed by atoms with Crippen LogP contribution in [0.4, 0.5) is 0 Å². The fourth-order valence-electron chi connectivity index (χ4n) is 3.22. The molecule has 4 heteroatoms. The van der Waals surface area contributed by atoms with Gasteiger partial charge in [0.2, 0.25) is 0 Å². The molecule has 2 aliphatic rings. The maximum absolute atomic E-state index is 5.91. The van der Waals surface area contributed by atoms with Gasteiger partial charge in [-0.15, -0.1) is 0 Å². The summed E-state index contributed by atoms with van der Waals surface area (Å²) in [6.07, 6.45) is 4.92. The van der Waals surface area contributed by atoms with Gasteiger partial charge in [0, 0.05) is 18.1 Å². The quantitative estimate of drug-likeness (QED) is 0.826. The van der Waals surface area contributed by atoms with Crippen molar-refractivity contribution in [1.29, 1.82) is 0 Å². The number of hydrogen-bond acceptors (Lipinski definition) is 4. The van der Waals surface area contributed by atoms with Crippen molar-refractivity contribution in [2.45, 2.75) is 51.6 Å². The molecule has 1 aliphatic carbocycles. The van der Waals surface area contributed by atoms with Gasteiger partial charge in [-0.1, -0.05) is 5.16 Å². The Balaban J connectivity index is 1.99. The molecule has 1 saturated carbocycles. The molecule has 4 nitrogen and oxygen atoms in total. The highest BCUT2D eigenvalue weighted by Gasteiger charge is 2.32. The fraction of sp³-hybridized carbons (Fsp3) is 0.600. The summed E-state index contributed by atoms with van der Waals surface area (Å²) in [5, 5.41) is 5.17. The van der Waals surface area contributed by atoms with E-state index in [1.165, 1.54) is 29.7 Å². The average molecular weight is 258 g/mol. The van der Waals surface area contributed by atoms with Gasteiger partial charge in [-0.3, -0.25) is 0 Å². The molecule has 2 aromatic rings. The number of aryl methyl sites for hydroxylation is 1. The van der Waals surface area contributed by atoms with Crippen LogP contribution < -0.4 is 0 Å². The molecule has 1 aliphatic heterocycles. The Morgan fingerprint density at radius 1 is 1.16 bits per heavy atom. The molecule has 1 atom stereocenters.